The lowest BCUT2D eigenvalue weighted by Gasteiger charge is -1.86. The van der Waals surface area contributed by atoms with E-state index < -0.39 is 11.8 Å². The third kappa shape index (κ3) is 38.4. The second-order valence-electron chi connectivity index (χ2n) is 4.12. The first-order valence-electron chi connectivity index (χ1n) is 6.41. The van der Waals surface area contributed by atoms with Gasteiger partial charge in [-0.2, -0.15) is 0 Å². The van der Waals surface area contributed by atoms with Gasteiger partial charge in [-0.1, -0.05) is 20.3 Å². The lowest BCUT2D eigenvalue weighted by atomic mass is 10.2. The number of carboxylic acid groups (broad SMARTS) is 1. The second-order valence-corrected chi connectivity index (χ2v) is 4.12. The van der Waals surface area contributed by atoms with Crippen molar-refractivity contribution in [1.82, 2.24) is 0 Å². The molecule has 19 heavy (non-hydrogen) atoms. The number of Topliss-reactive ketones (excluding diaryl/α,β-unsaturated/α-hetero) is 3. The third-order valence-electron chi connectivity index (χ3n) is 1.79. The van der Waals surface area contributed by atoms with Gasteiger partial charge >= 0.3 is 5.97 Å². The average molecular weight is 274 g/mol. The van der Waals surface area contributed by atoms with Crippen molar-refractivity contribution in [3.05, 3.63) is 0 Å². The average Bonchev–Trinajstić information content (AvgIpc) is 2.27. The molecule has 0 aliphatic carbocycles. The third-order valence-corrected chi connectivity index (χ3v) is 1.79. The van der Waals surface area contributed by atoms with Crippen LogP contribution in [0, 0.1) is 0 Å². The lowest BCUT2D eigenvalue weighted by molar-refractivity contribution is -0.148. The van der Waals surface area contributed by atoms with Crippen LogP contribution in [-0.4, -0.2) is 28.4 Å². The minimum atomic E-state index is -1.38. The van der Waals surface area contributed by atoms with Gasteiger partial charge in [-0.05, 0) is 26.7 Å². The molecule has 0 aliphatic rings. The number of carbonyl (C=O) groups is 4. The molecule has 0 amide bonds. The summed E-state index contributed by atoms with van der Waals surface area (Å²) in [5, 5.41) is 7.64. The molecule has 112 valence electrons. The molecule has 0 saturated carbocycles. The van der Waals surface area contributed by atoms with Crippen molar-refractivity contribution in [2.45, 2.75) is 66.7 Å². The summed E-state index contributed by atoms with van der Waals surface area (Å²) in [6, 6.07) is 0. The predicted octanol–water partition coefficient (Wildman–Crippen LogP) is 2.80. The maximum atomic E-state index is 10.2. The molecule has 0 atom stereocenters. The van der Waals surface area contributed by atoms with Crippen LogP contribution in [0.3, 0.4) is 0 Å². The van der Waals surface area contributed by atoms with Crippen molar-refractivity contribution in [2.24, 2.45) is 0 Å². The normalized spacial score (nSPS) is 8.26. The zero-order valence-corrected chi connectivity index (χ0v) is 12.6. The standard InChI is InChI=1S/C6H12O.C5H10O.C3H4O3/c1-3-4-5-6(2)7;1-3-4-5(2)6;1-2(4)3(5)6/h3-5H2,1-2H3;3-4H2,1-2H3;1H3,(H,5,6). The Balaban J connectivity index is -0.000000203. The first-order chi connectivity index (χ1) is 8.68. The number of unbranched alkanes of at least 4 members (excludes halogenated alkanes) is 1. The molecule has 5 nitrogen and oxygen atoms in total. The van der Waals surface area contributed by atoms with E-state index in [0.29, 0.717) is 5.78 Å². The van der Waals surface area contributed by atoms with E-state index in [4.69, 9.17) is 5.11 Å². The van der Waals surface area contributed by atoms with E-state index in [1.165, 1.54) is 0 Å². The fourth-order valence-corrected chi connectivity index (χ4v) is 0.778. The summed E-state index contributed by atoms with van der Waals surface area (Å²) in [6.07, 6.45) is 4.65. The largest absolute Gasteiger partial charge is 0.476 e. The highest BCUT2D eigenvalue weighted by Crippen LogP contribution is 1.92. The molecule has 0 fully saturated rings. The van der Waals surface area contributed by atoms with E-state index >= 15 is 0 Å². The van der Waals surface area contributed by atoms with E-state index in [2.05, 4.69) is 6.92 Å². The Labute approximate surface area is 115 Å². The Morgan fingerprint density at radius 2 is 1.16 bits per heavy atom. The zero-order chi connectivity index (χ0) is 15.8. The van der Waals surface area contributed by atoms with Gasteiger partial charge in [0.2, 0.25) is 5.78 Å². The molecule has 0 saturated heterocycles. The van der Waals surface area contributed by atoms with Crippen LogP contribution in [0.5, 0.6) is 0 Å². The van der Waals surface area contributed by atoms with Crippen LogP contribution in [0.25, 0.3) is 0 Å². The van der Waals surface area contributed by atoms with E-state index in [0.717, 1.165) is 39.0 Å². The summed E-state index contributed by atoms with van der Waals surface area (Å²) in [5.41, 5.74) is 0. The Kier molecular flexibility index (Phi) is 19.6. The second kappa shape index (κ2) is 16.5. The van der Waals surface area contributed by atoms with E-state index in [1.807, 2.05) is 6.92 Å². The minimum Gasteiger partial charge on any atom is -0.476 e. The molecule has 0 aliphatic heterocycles. The summed E-state index contributed by atoms with van der Waals surface area (Å²) < 4.78 is 0. The van der Waals surface area contributed by atoms with Crippen molar-refractivity contribution in [3.8, 4) is 0 Å². The number of hydrogen-bond donors (Lipinski definition) is 1. The number of aliphatic carboxylic acids is 1. The van der Waals surface area contributed by atoms with Crippen molar-refractivity contribution >= 4 is 23.3 Å². The van der Waals surface area contributed by atoms with E-state index in [1.54, 1.807) is 13.8 Å². The van der Waals surface area contributed by atoms with E-state index in [-0.39, 0.29) is 5.78 Å². The number of rotatable bonds is 6. The van der Waals surface area contributed by atoms with Crippen LogP contribution in [0.4, 0.5) is 0 Å². The van der Waals surface area contributed by atoms with Gasteiger partial charge < -0.3 is 14.7 Å². The van der Waals surface area contributed by atoms with Gasteiger partial charge in [-0.15, -0.1) is 0 Å². The quantitative estimate of drug-likeness (QED) is 0.752. The molecule has 0 radical (unpaired) electrons. The molecule has 0 aromatic heterocycles. The molecule has 1 N–H and O–H groups in total. The minimum absolute atomic E-state index is 0.289. The van der Waals surface area contributed by atoms with Crippen molar-refractivity contribution in [2.75, 3.05) is 0 Å². The van der Waals surface area contributed by atoms with Gasteiger partial charge in [0.15, 0.2) is 0 Å². The molecular weight excluding hydrogens is 248 g/mol. The SMILES string of the molecule is CC(=O)C(=O)O.CCCC(C)=O.CCCCC(C)=O. The Morgan fingerprint density at radius 3 is 1.21 bits per heavy atom. The smallest absolute Gasteiger partial charge is 0.371 e. The molecule has 0 rings (SSSR count). The fourth-order valence-electron chi connectivity index (χ4n) is 0.778. The van der Waals surface area contributed by atoms with Gasteiger partial charge in [0.05, 0.1) is 0 Å². The summed E-state index contributed by atoms with van der Waals surface area (Å²) in [7, 11) is 0. The van der Waals surface area contributed by atoms with Crippen LogP contribution >= 0.6 is 0 Å². The highest BCUT2D eigenvalue weighted by Gasteiger charge is 1.99. The van der Waals surface area contributed by atoms with Crippen molar-refractivity contribution in [3.63, 3.8) is 0 Å². The van der Waals surface area contributed by atoms with Crippen LogP contribution in [0.2, 0.25) is 0 Å². The van der Waals surface area contributed by atoms with Crippen molar-refractivity contribution < 1.29 is 24.3 Å². The lowest BCUT2D eigenvalue weighted by Crippen LogP contribution is -2.05. The molecule has 0 aromatic carbocycles. The number of hydrogen-bond acceptors (Lipinski definition) is 4. The maximum Gasteiger partial charge on any atom is 0.371 e. The zero-order valence-electron chi connectivity index (χ0n) is 12.6. The Hall–Kier alpha value is -1.52. The number of carboxylic acids is 1. The Morgan fingerprint density at radius 1 is 0.789 bits per heavy atom. The summed E-state index contributed by atoms with van der Waals surface area (Å²) >= 11 is 0. The highest BCUT2D eigenvalue weighted by molar-refractivity contribution is 6.31. The predicted molar refractivity (Wildman–Crippen MR) is 74.1 cm³/mol. The van der Waals surface area contributed by atoms with Gasteiger partial charge in [0.1, 0.15) is 11.6 Å². The Bertz CT molecular complexity index is 270. The number of carbonyl (C=O) groups excluding carboxylic acids is 3. The highest BCUT2D eigenvalue weighted by atomic mass is 16.4. The van der Waals surface area contributed by atoms with Gasteiger partial charge in [0.25, 0.3) is 0 Å². The van der Waals surface area contributed by atoms with Gasteiger partial charge in [-0.25, -0.2) is 4.79 Å². The summed E-state index contributed by atoms with van der Waals surface area (Å²) in [4.78, 5) is 39.1. The molecule has 0 heterocycles. The molecule has 5 heteroatoms. The van der Waals surface area contributed by atoms with Crippen molar-refractivity contribution in [1.29, 1.82) is 0 Å². The fraction of sp³-hybridized carbons (Fsp3) is 0.714. The molecular formula is C14H26O5. The first-order valence-corrected chi connectivity index (χ1v) is 6.41. The molecule has 0 spiro atoms. The van der Waals surface area contributed by atoms with Crippen LogP contribution in [0.1, 0.15) is 66.7 Å². The molecule has 0 unspecified atom stereocenters. The summed E-state index contributed by atoms with van der Waals surface area (Å²) in [5.74, 6) is -1.61. The van der Waals surface area contributed by atoms with Crippen LogP contribution in [0.15, 0.2) is 0 Å². The van der Waals surface area contributed by atoms with Crippen LogP contribution < -0.4 is 0 Å². The number of ketones is 3. The van der Waals surface area contributed by atoms with Gasteiger partial charge in [-0.3, -0.25) is 4.79 Å². The molecule has 0 aromatic rings. The monoisotopic (exact) mass is 274 g/mol. The maximum absolute atomic E-state index is 10.2. The van der Waals surface area contributed by atoms with E-state index in [9.17, 15) is 19.2 Å². The molecule has 0 bridgehead atoms. The first kappa shape index (κ1) is 22.6. The van der Waals surface area contributed by atoms with Gasteiger partial charge in [0, 0.05) is 19.8 Å². The van der Waals surface area contributed by atoms with Crippen LogP contribution in [-0.2, 0) is 19.2 Å². The summed E-state index contributed by atoms with van der Waals surface area (Å²) in [6.45, 7) is 8.34. The topological polar surface area (TPSA) is 88.5 Å².